The van der Waals surface area contributed by atoms with Crippen LogP contribution in [0.1, 0.15) is 29.9 Å². The van der Waals surface area contributed by atoms with E-state index in [1.165, 1.54) is 0 Å². The van der Waals surface area contributed by atoms with Crippen LogP contribution in [0.5, 0.6) is 11.5 Å². The number of nitrogens with two attached hydrogens (primary N) is 1. The summed E-state index contributed by atoms with van der Waals surface area (Å²) in [5, 5.41) is 0.990. The molecule has 1 fully saturated rings. The fourth-order valence-corrected chi connectivity index (χ4v) is 4.60. The number of rotatable bonds is 8. The van der Waals surface area contributed by atoms with Crippen molar-refractivity contribution in [1.29, 1.82) is 0 Å². The molecule has 2 aromatic heterocycles. The summed E-state index contributed by atoms with van der Waals surface area (Å²) >= 11 is 0. The van der Waals surface area contributed by atoms with Crippen molar-refractivity contribution in [2.45, 2.75) is 31.7 Å². The molecule has 3 N–H and O–H groups in total. The number of carbonyl (C=O) groups is 1. The highest BCUT2D eigenvalue weighted by Crippen LogP contribution is 2.36. The molecule has 0 radical (unpaired) electrons. The zero-order chi connectivity index (χ0) is 22.0. The van der Waals surface area contributed by atoms with Crippen molar-refractivity contribution in [1.82, 2.24) is 19.8 Å². The lowest BCUT2D eigenvalue weighted by atomic mass is 9.91. The van der Waals surface area contributed by atoms with Crippen LogP contribution >= 0.6 is 0 Å². The number of ether oxygens (including phenoxy) is 1. The molecule has 7 nitrogen and oxygen atoms in total. The number of aromatic nitrogens is 2. The van der Waals surface area contributed by atoms with Crippen molar-refractivity contribution in [2.24, 2.45) is 5.73 Å². The van der Waals surface area contributed by atoms with E-state index in [9.17, 15) is 4.79 Å². The van der Waals surface area contributed by atoms with E-state index in [0.29, 0.717) is 0 Å². The first-order valence-electron chi connectivity index (χ1n) is 10.8. The summed E-state index contributed by atoms with van der Waals surface area (Å²) in [7, 11) is 4.13. The average Bonchev–Trinajstić information content (AvgIpc) is 3.33. The maximum Gasteiger partial charge on any atom is 0.235 e. The average molecular weight is 422 g/mol. The van der Waals surface area contributed by atoms with Gasteiger partial charge in [-0.2, -0.15) is 0 Å². The van der Waals surface area contributed by atoms with Crippen LogP contribution in [0.2, 0.25) is 0 Å². The number of hydrogen-bond donors (Lipinski definition) is 2. The fraction of sp³-hybridized carbons (Fsp3) is 0.417. The molecule has 1 saturated heterocycles. The predicted molar refractivity (Wildman–Crippen MR) is 122 cm³/mol. The molecule has 1 aromatic carbocycles. The Morgan fingerprint density at radius 2 is 2.06 bits per heavy atom. The smallest absolute Gasteiger partial charge is 0.235 e. The van der Waals surface area contributed by atoms with Gasteiger partial charge in [-0.3, -0.25) is 9.69 Å². The highest BCUT2D eigenvalue weighted by atomic mass is 16.5. The molecule has 3 aromatic rings. The number of likely N-dealkylation sites (tertiary alicyclic amines) is 1. The largest absolute Gasteiger partial charge is 0.457 e. The molecule has 1 amide bonds. The number of carbonyl (C=O) groups excluding carboxylic acids is 1. The molecule has 0 bridgehead atoms. The number of aromatic amines is 1. The third kappa shape index (κ3) is 4.57. The summed E-state index contributed by atoms with van der Waals surface area (Å²) < 4.78 is 6.15. The zero-order valence-electron chi connectivity index (χ0n) is 18.5. The minimum absolute atomic E-state index is 0.116. The third-order valence-corrected chi connectivity index (χ3v) is 6.11. The van der Waals surface area contributed by atoms with E-state index in [1.54, 1.807) is 6.20 Å². The molecule has 4 rings (SSSR count). The zero-order valence-corrected chi connectivity index (χ0v) is 18.5. The quantitative estimate of drug-likeness (QED) is 0.583. The van der Waals surface area contributed by atoms with Crippen molar-refractivity contribution >= 4 is 16.9 Å². The number of amides is 1. The van der Waals surface area contributed by atoms with Gasteiger partial charge in [0.1, 0.15) is 17.1 Å². The van der Waals surface area contributed by atoms with E-state index in [1.807, 2.05) is 31.3 Å². The third-order valence-electron chi connectivity index (χ3n) is 6.11. The number of nitrogens with zero attached hydrogens (tertiary/aromatic N) is 3. The Hall–Kier alpha value is -2.90. The number of benzene rings is 1. The van der Waals surface area contributed by atoms with Gasteiger partial charge in [0.25, 0.3) is 0 Å². The molecule has 164 valence electrons. The van der Waals surface area contributed by atoms with E-state index in [0.717, 1.165) is 66.1 Å². The summed E-state index contributed by atoms with van der Waals surface area (Å²) in [6.45, 7) is 4.82. The van der Waals surface area contributed by atoms with Crippen LogP contribution < -0.4 is 10.5 Å². The first-order valence-corrected chi connectivity index (χ1v) is 10.8. The van der Waals surface area contributed by atoms with E-state index in [-0.39, 0.29) is 17.9 Å². The summed E-state index contributed by atoms with van der Waals surface area (Å²) in [6, 6.07) is 9.68. The minimum Gasteiger partial charge on any atom is -0.457 e. The predicted octanol–water partition coefficient (Wildman–Crippen LogP) is 3.26. The van der Waals surface area contributed by atoms with Gasteiger partial charge in [0.2, 0.25) is 5.91 Å². The number of nitrogens with one attached hydrogen (secondary N) is 1. The van der Waals surface area contributed by atoms with Crippen molar-refractivity contribution < 1.29 is 9.53 Å². The maximum absolute atomic E-state index is 12.3. The highest BCUT2D eigenvalue weighted by Gasteiger charge is 2.38. The molecule has 0 saturated carbocycles. The van der Waals surface area contributed by atoms with Crippen LogP contribution in [-0.2, 0) is 4.79 Å². The molecular formula is C24H31N5O2. The number of fused-ring (bicyclic) bond motifs is 1. The highest BCUT2D eigenvalue weighted by molar-refractivity contribution is 5.86. The minimum atomic E-state index is -0.253. The first kappa shape index (κ1) is 21.3. The second-order valence-electron chi connectivity index (χ2n) is 8.61. The molecule has 0 spiro atoms. The second-order valence-corrected chi connectivity index (χ2v) is 8.61. The van der Waals surface area contributed by atoms with Gasteiger partial charge in [0, 0.05) is 24.9 Å². The Morgan fingerprint density at radius 3 is 2.77 bits per heavy atom. The second kappa shape index (κ2) is 9.08. The topological polar surface area (TPSA) is 87.5 Å². The Bertz CT molecular complexity index is 1040. The molecular weight excluding hydrogens is 390 g/mol. The number of primary amides is 1. The van der Waals surface area contributed by atoms with Gasteiger partial charge in [-0.1, -0.05) is 12.1 Å². The van der Waals surface area contributed by atoms with E-state index >= 15 is 0 Å². The Labute approximate surface area is 183 Å². The van der Waals surface area contributed by atoms with Gasteiger partial charge in [-0.05, 0) is 76.3 Å². The normalized spacial score (nSPS) is 19.4. The number of hydrogen-bond acceptors (Lipinski definition) is 5. The Morgan fingerprint density at radius 1 is 1.29 bits per heavy atom. The lowest BCUT2D eigenvalue weighted by Crippen LogP contribution is -2.43. The summed E-state index contributed by atoms with van der Waals surface area (Å²) in [5.74, 6) is 1.41. The number of H-pyrrole nitrogens is 1. The Kier molecular flexibility index (Phi) is 6.25. The maximum atomic E-state index is 12.3. The van der Waals surface area contributed by atoms with Crippen LogP contribution in [-0.4, -0.2) is 65.4 Å². The number of pyridine rings is 1. The Balaban J connectivity index is 1.48. The van der Waals surface area contributed by atoms with Crippen molar-refractivity contribution in [3.63, 3.8) is 0 Å². The lowest BCUT2D eigenvalue weighted by Gasteiger charge is -2.26. The number of aryl methyl sites for hydroxylation is 1. The van der Waals surface area contributed by atoms with Crippen LogP contribution in [0, 0.1) is 6.92 Å². The van der Waals surface area contributed by atoms with Crippen molar-refractivity contribution in [3.05, 3.63) is 53.9 Å². The summed E-state index contributed by atoms with van der Waals surface area (Å²) in [6.07, 6.45) is 5.63. The van der Waals surface area contributed by atoms with E-state index in [2.05, 4.69) is 46.0 Å². The van der Waals surface area contributed by atoms with Gasteiger partial charge < -0.3 is 20.4 Å². The molecule has 0 aliphatic carbocycles. The van der Waals surface area contributed by atoms with Crippen LogP contribution in [0.25, 0.3) is 11.0 Å². The van der Waals surface area contributed by atoms with Crippen LogP contribution in [0.15, 0.2) is 42.7 Å². The monoisotopic (exact) mass is 421 g/mol. The first-order chi connectivity index (χ1) is 14.9. The van der Waals surface area contributed by atoms with Crippen molar-refractivity contribution in [3.8, 4) is 11.5 Å². The summed E-state index contributed by atoms with van der Waals surface area (Å²) in [5.41, 5.74) is 8.85. The molecule has 3 heterocycles. The van der Waals surface area contributed by atoms with E-state index < -0.39 is 0 Å². The molecule has 2 atom stereocenters. The van der Waals surface area contributed by atoms with Gasteiger partial charge in [0.05, 0.1) is 11.4 Å². The lowest BCUT2D eigenvalue weighted by molar-refractivity contribution is -0.122. The summed E-state index contributed by atoms with van der Waals surface area (Å²) in [4.78, 5) is 24.2. The molecule has 1 aliphatic heterocycles. The van der Waals surface area contributed by atoms with Crippen LogP contribution in [0.4, 0.5) is 0 Å². The fourth-order valence-electron chi connectivity index (χ4n) is 4.60. The van der Waals surface area contributed by atoms with Crippen LogP contribution in [0.3, 0.4) is 0 Å². The van der Waals surface area contributed by atoms with Gasteiger partial charge in [-0.25, -0.2) is 4.98 Å². The standard InChI is InChI=1S/C24H31N5O2/c1-16-15-27-24-21(16)20(9-11-26-24)31-18-7-5-17(6-8-18)19-10-14-29(22(19)23(25)30)13-4-12-28(2)3/h5-9,11,15,19,22H,4,10,12-14H2,1-3H3,(H2,25,30)(H,26,27)/t19-,22+/m0/s1. The molecule has 31 heavy (non-hydrogen) atoms. The molecule has 1 aliphatic rings. The SMILES string of the molecule is Cc1c[nH]c2nccc(Oc3ccc([C@@H]4CCN(CCCN(C)C)[C@H]4C(N)=O)cc3)c12. The van der Waals surface area contributed by atoms with Gasteiger partial charge >= 0.3 is 0 Å². The molecule has 0 unspecified atom stereocenters. The van der Waals surface area contributed by atoms with Gasteiger partial charge in [0.15, 0.2) is 0 Å². The van der Waals surface area contributed by atoms with Crippen molar-refractivity contribution in [2.75, 3.05) is 33.7 Å². The van der Waals surface area contributed by atoms with Gasteiger partial charge in [-0.15, -0.1) is 0 Å². The van der Waals surface area contributed by atoms with E-state index in [4.69, 9.17) is 10.5 Å². The molecule has 7 heteroatoms.